The molecular formula is C26H40O8. The zero-order valence-electron chi connectivity index (χ0n) is 21.4. The number of benzene rings is 1. The molecule has 8 atom stereocenters. The molecule has 4 rings (SSSR count). The van der Waals surface area contributed by atoms with Crippen LogP contribution in [0.15, 0.2) is 30.3 Å². The van der Waals surface area contributed by atoms with Crippen LogP contribution in [0.5, 0.6) is 0 Å². The molecule has 2 saturated heterocycles. The van der Waals surface area contributed by atoms with Crippen molar-refractivity contribution in [2.75, 3.05) is 27.4 Å². The predicted molar refractivity (Wildman–Crippen MR) is 124 cm³/mol. The second-order valence-electron chi connectivity index (χ2n) is 10.3. The fourth-order valence-electron chi connectivity index (χ4n) is 5.10. The quantitative estimate of drug-likeness (QED) is 0.558. The molecule has 0 aromatic heterocycles. The molecule has 1 saturated carbocycles. The summed E-state index contributed by atoms with van der Waals surface area (Å²) in [4.78, 5) is 0. The highest BCUT2D eigenvalue weighted by atomic mass is 16.8. The van der Waals surface area contributed by atoms with Crippen LogP contribution in [-0.2, 0) is 44.5 Å². The van der Waals surface area contributed by atoms with Gasteiger partial charge in [0.05, 0.1) is 32.0 Å². The van der Waals surface area contributed by atoms with Gasteiger partial charge in [-0.15, -0.1) is 0 Å². The highest BCUT2D eigenvalue weighted by Crippen LogP contribution is 2.46. The van der Waals surface area contributed by atoms with Crippen LogP contribution in [0.4, 0.5) is 0 Å². The van der Waals surface area contributed by atoms with Crippen molar-refractivity contribution in [3.05, 3.63) is 35.9 Å². The van der Waals surface area contributed by atoms with E-state index in [1.165, 1.54) is 0 Å². The van der Waals surface area contributed by atoms with Crippen molar-refractivity contribution in [1.82, 2.24) is 0 Å². The third-order valence-corrected chi connectivity index (χ3v) is 7.35. The van der Waals surface area contributed by atoms with Gasteiger partial charge in [-0.1, -0.05) is 37.3 Å². The summed E-state index contributed by atoms with van der Waals surface area (Å²) in [5.74, 6) is -2.66. The fraction of sp³-hybridized carbons (Fsp3) is 0.769. The number of hydrogen-bond donors (Lipinski definition) is 0. The number of rotatable bonds is 8. The molecule has 3 fully saturated rings. The van der Waals surface area contributed by atoms with E-state index < -0.39 is 29.6 Å². The number of methoxy groups -OCH3 is 2. The summed E-state index contributed by atoms with van der Waals surface area (Å²) < 4.78 is 49.2. The summed E-state index contributed by atoms with van der Waals surface area (Å²) in [6.07, 6.45) is -0.600. The summed E-state index contributed by atoms with van der Waals surface area (Å²) in [7, 11) is 3.19. The van der Waals surface area contributed by atoms with Gasteiger partial charge in [0.2, 0.25) is 11.6 Å². The van der Waals surface area contributed by atoms with E-state index in [9.17, 15) is 0 Å². The number of hydrogen-bond acceptors (Lipinski definition) is 8. The molecule has 0 N–H and O–H groups in total. The lowest BCUT2D eigenvalue weighted by Crippen LogP contribution is -2.71. The molecule has 2 aliphatic heterocycles. The van der Waals surface area contributed by atoms with Gasteiger partial charge in [0.25, 0.3) is 0 Å². The van der Waals surface area contributed by atoms with Crippen LogP contribution in [0.3, 0.4) is 0 Å². The van der Waals surface area contributed by atoms with E-state index in [4.69, 9.17) is 37.9 Å². The van der Waals surface area contributed by atoms with E-state index in [2.05, 4.69) is 19.1 Å². The molecule has 1 aromatic rings. The van der Waals surface area contributed by atoms with Gasteiger partial charge >= 0.3 is 0 Å². The highest BCUT2D eigenvalue weighted by molar-refractivity contribution is 5.13. The van der Waals surface area contributed by atoms with Crippen LogP contribution >= 0.6 is 0 Å². The molecule has 1 aliphatic carbocycles. The number of ether oxygens (including phenoxy) is 8. The van der Waals surface area contributed by atoms with Crippen LogP contribution in [0.1, 0.15) is 46.6 Å². The van der Waals surface area contributed by atoms with Crippen molar-refractivity contribution in [2.24, 2.45) is 5.92 Å². The van der Waals surface area contributed by atoms with Crippen molar-refractivity contribution in [3.8, 4) is 0 Å². The van der Waals surface area contributed by atoms with Crippen LogP contribution in [0, 0.1) is 5.92 Å². The maximum absolute atomic E-state index is 6.61. The minimum atomic E-state index is -1.12. The third-order valence-electron chi connectivity index (χ3n) is 7.35. The first kappa shape index (κ1) is 26.0. The molecule has 3 aliphatic rings. The summed E-state index contributed by atoms with van der Waals surface area (Å²) >= 11 is 0. The Hall–Kier alpha value is -1.10. The van der Waals surface area contributed by atoms with Gasteiger partial charge in [0.15, 0.2) is 5.79 Å². The summed E-state index contributed by atoms with van der Waals surface area (Å²) in [6, 6.07) is 10.1. The van der Waals surface area contributed by atoms with Crippen molar-refractivity contribution in [1.29, 1.82) is 0 Å². The Morgan fingerprint density at radius 2 is 1.53 bits per heavy atom. The van der Waals surface area contributed by atoms with Crippen LogP contribution in [-0.4, -0.2) is 75.3 Å². The van der Waals surface area contributed by atoms with Gasteiger partial charge in [-0.05, 0) is 45.6 Å². The molecule has 0 radical (unpaired) electrons. The Balaban J connectivity index is 1.53. The van der Waals surface area contributed by atoms with E-state index >= 15 is 0 Å². The lowest BCUT2D eigenvalue weighted by Gasteiger charge is -2.57. The molecule has 192 valence electrons. The fourth-order valence-corrected chi connectivity index (χ4v) is 5.10. The SMILES string of the molecule is CO[C@@]1(C)O[C@@H]2[C@H](OCc3ccccc3)[C@H](C)C[C@@H](OC[C@@H]3COC(C)(C)O3)[C@H]2O[C@]1(C)OC. The Labute approximate surface area is 203 Å². The summed E-state index contributed by atoms with van der Waals surface area (Å²) in [6.45, 7) is 11.1. The maximum atomic E-state index is 6.61. The molecule has 8 heteroatoms. The lowest BCUT2D eigenvalue weighted by atomic mass is 9.80. The van der Waals surface area contributed by atoms with Gasteiger partial charge in [0, 0.05) is 14.2 Å². The minimum absolute atomic E-state index is 0.127. The number of fused-ring (bicyclic) bond motifs is 1. The third kappa shape index (κ3) is 5.20. The van der Waals surface area contributed by atoms with Crippen LogP contribution in [0.25, 0.3) is 0 Å². The normalized spacial score (nSPS) is 41.9. The zero-order chi connectivity index (χ0) is 24.6. The van der Waals surface area contributed by atoms with Gasteiger partial charge in [-0.2, -0.15) is 0 Å². The molecule has 0 spiro atoms. The van der Waals surface area contributed by atoms with E-state index in [1.807, 2.05) is 45.9 Å². The van der Waals surface area contributed by atoms with Crippen molar-refractivity contribution in [2.45, 2.75) is 95.5 Å². The Morgan fingerprint density at radius 3 is 2.12 bits per heavy atom. The topological polar surface area (TPSA) is 73.8 Å². The lowest BCUT2D eigenvalue weighted by molar-refractivity contribution is -0.468. The standard InChI is InChI=1S/C26H40O8/c1-17-13-20(29-15-19-16-31-24(2,3)32-19)22-23(21(17)30-14-18-11-9-8-10-12-18)34-26(5,28-7)25(4,27-6)33-22/h8-12,17,19-23H,13-16H2,1-7H3/t17-,19-,20-,21-,22-,23-,25+,26+/m1/s1. The first-order chi connectivity index (χ1) is 16.1. The second kappa shape index (κ2) is 10.1. The van der Waals surface area contributed by atoms with E-state index in [1.54, 1.807) is 14.2 Å². The first-order valence-corrected chi connectivity index (χ1v) is 12.1. The molecule has 8 nitrogen and oxygen atoms in total. The molecule has 0 unspecified atom stereocenters. The van der Waals surface area contributed by atoms with E-state index in [0.717, 1.165) is 12.0 Å². The molecule has 0 bridgehead atoms. The monoisotopic (exact) mass is 480 g/mol. The average molecular weight is 481 g/mol. The van der Waals surface area contributed by atoms with Crippen molar-refractivity contribution >= 4 is 0 Å². The maximum Gasteiger partial charge on any atom is 0.220 e. The van der Waals surface area contributed by atoms with Gasteiger partial charge in [-0.25, -0.2) is 0 Å². The molecule has 2 heterocycles. The smallest absolute Gasteiger partial charge is 0.220 e. The summed E-state index contributed by atoms with van der Waals surface area (Å²) in [5.41, 5.74) is 1.11. The van der Waals surface area contributed by atoms with E-state index in [0.29, 0.717) is 19.8 Å². The van der Waals surface area contributed by atoms with Crippen LogP contribution in [0.2, 0.25) is 0 Å². The van der Waals surface area contributed by atoms with Gasteiger partial charge in [0.1, 0.15) is 18.3 Å². The van der Waals surface area contributed by atoms with Crippen LogP contribution < -0.4 is 0 Å². The summed E-state index contributed by atoms with van der Waals surface area (Å²) in [5, 5.41) is 0. The average Bonchev–Trinajstić information content (AvgIpc) is 3.17. The van der Waals surface area contributed by atoms with Gasteiger partial charge < -0.3 is 37.9 Å². The van der Waals surface area contributed by atoms with Crippen molar-refractivity contribution < 1.29 is 37.9 Å². The first-order valence-electron chi connectivity index (χ1n) is 12.1. The Kier molecular flexibility index (Phi) is 7.72. The minimum Gasteiger partial charge on any atom is -0.373 e. The Morgan fingerprint density at radius 1 is 0.882 bits per heavy atom. The van der Waals surface area contributed by atoms with E-state index in [-0.39, 0.29) is 24.2 Å². The Bertz CT molecular complexity index is 803. The van der Waals surface area contributed by atoms with Gasteiger partial charge in [-0.3, -0.25) is 0 Å². The highest BCUT2D eigenvalue weighted by Gasteiger charge is 2.62. The molecule has 0 amide bonds. The molecule has 1 aromatic carbocycles. The predicted octanol–water partition coefficient (Wildman–Crippen LogP) is 3.66. The molecular weight excluding hydrogens is 440 g/mol. The zero-order valence-corrected chi connectivity index (χ0v) is 21.4. The van der Waals surface area contributed by atoms with Crippen molar-refractivity contribution in [3.63, 3.8) is 0 Å². The molecule has 34 heavy (non-hydrogen) atoms. The second-order valence-corrected chi connectivity index (χ2v) is 10.3. The largest absolute Gasteiger partial charge is 0.373 e.